The lowest BCUT2D eigenvalue weighted by Crippen LogP contribution is -2.57. The van der Waals surface area contributed by atoms with Gasteiger partial charge in [-0.1, -0.05) is 12.8 Å². The van der Waals surface area contributed by atoms with Crippen LogP contribution in [-0.2, 0) is 0 Å². The molecule has 2 aliphatic carbocycles. The summed E-state index contributed by atoms with van der Waals surface area (Å²) in [6, 6.07) is 0.963. The molecule has 5 heteroatoms. The number of aliphatic hydroxyl groups is 1. The predicted octanol–water partition coefficient (Wildman–Crippen LogP) is 1.85. The molecular weight excluding hydrogens is 278 g/mol. The molecule has 1 aliphatic heterocycles. The molecule has 1 saturated heterocycles. The summed E-state index contributed by atoms with van der Waals surface area (Å²) in [5.74, 6) is 0.437. The molecule has 0 spiro atoms. The van der Waals surface area contributed by atoms with Crippen LogP contribution in [0.3, 0.4) is 0 Å². The van der Waals surface area contributed by atoms with E-state index < -0.39 is 5.54 Å². The van der Waals surface area contributed by atoms with E-state index in [1.807, 2.05) is 6.92 Å². The maximum absolute atomic E-state index is 12.2. The molecule has 3 fully saturated rings. The number of amides is 2. The number of piperidine rings is 1. The second kappa shape index (κ2) is 6.75. The average Bonchev–Trinajstić information content (AvgIpc) is 3.24. The standard InChI is InChI=1S/C17H31N3O2/c1-17(12-21,13-6-7-13)19-16(22)18-14-8-10-20(11-9-14)15-4-2-3-5-15/h13-15,21H,2-12H2,1H3,(H2,18,19,22). The van der Waals surface area contributed by atoms with E-state index >= 15 is 0 Å². The number of hydrogen-bond donors (Lipinski definition) is 3. The summed E-state index contributed by atoms with van der Waals surface area (Å²) in [7, 11) is 0. The first-order valence-corrected chi connectivity index (χ1v) is 9.04. The summed E-state index contributed by atoms with van der Waals surface area (Å²) >= 11 is 0. The summed E-state index contributed by atoms with van der Waals surface area (Å²) < 4.78 is 0. The lowest BCUT2D eigenvalue weighted by molar-refractivity contribution is 0.137. The Morgan fingerprint density at radius 1 is 1.14 bits per heavy atom. The number of aliphatic hydroxyl groups excluding tert-OH is 1. The molecular formula is C17H31N3O2. The van der Waals surface area contributed by atoms with Crippen LogP contribution < -0.4 is 10.6 Å². The van der Waals surface area contributed by atoms with Crippen LogP contribution in [0.25, 0.3) is 0 Å². The predicted molar refractivity (Wildman–Crippen MR) is 86.7 cm³/mol. The van der Waals surface area contributed by atoms with Crippen LogP contribution in [-0.4, -0.2) is 53.4 Å². The number of nitrogens with zero attached hydrogens (tertiary/aromatic N) is 1. The van der Waals surface area contributed by atoms with Gasteiger partial charge < -0.3 is 20.6 Å². The van der Waals surface area contributed by atoms with Gasteiger partial charge in [0, 0.05) is 25.2 Å². The molecule has 3 rings (SSSR count). The largest absolute Gasteiger partial charge is 0.394 e. The van der Waals surface area contributed by atoms with Gasteiger partial charge in [-0.05, 0) is 51.4 Å². The van der Waals surface area contributed by atoms with E-state index in [2.05, 4.69) is 15.5 Å². The van der Waals surface area contributed by atoms with Crippen molar-refractivity contribution in [3.8, 4) is 0 Å². The second-order valence-corrected chi connectivity index (χ2v) is 7.70. The van der Waals surface area contributed by atoms with Crippen molar-refractivity contribution in [1.29, 1.82) is 0 Å². The Bertz CT molecular complexity index is 385. The number of carbonyl (C=O) groups is 1. The molecule has 1 heterocycles. The monoisotopic (exact) mass is 309 g/mol. The van der Waals surface area contributed by atoms with Gasteiger partial charge in [-0.25, -0.2) is 4.79 Å². The first kappa shape index (κ1) is 16.1. The second-order valence-electron chi connectivity index (χ2n) is 7.70. The maximum atomic E-state index is 12.2. The summed E-state index contributed by atoms with van der Waals surface area (Å²) in [5.41, 5.74) is -0.450. The van der Waals surface area contributed by atoms with Crippen LogP contribution in [0, 0.1) is 5.92 Å². The van der Waals surface area contributed by atoms with E-state index in [-0.39, 0.29) is 18.7 Å². The molecule has 126 valence electrons. The molecule has 1 unspecified atom stereocenters. The van der Waals surface area contributed by atoms with Gasteiger partial charge in [-0.3, -0.25) is 0 Å². The third kappa shape index (κ3) is 3.74. The minimum Gasteiger partial charge on any atom is -0.394 e. The molecule has 22 heavy (non-hydrogen) atoms. The molecule has 0 aromatic rings. The van der Waals surface area contributed by atoms with Gasteiger partial charge in [0.1, 0.15) is 0 Å². The van der Waals surface area contributed by atoms with Crippen molar-refractivity contribution in [3.63, 3.8) is 0 Å². The molecule has 0 aromatic heterocycles. The first-order valence-electron chi connectivity index (χ1n) is 9.04. The Morgan fingerprint density at radius 2 is 1.77 bits per heavy atom. The molecule has 0 aromatic carbocycles. The van der Waals surface area contributed by atoms with Crippen LogP contribution in [0.4, 0.5) is 4.79 Å². The van der Waals surface area contributed by atoms with Gasteiger partial charge in [-0.2, -0.15) is 0 Å². The number of carbonyl (C=O) groups excluding carboxylic acids is 1. The molecule has 3 aliphatic rings. The molecule has 1 atom stereocenters. The highest BCUT2D eigenvalue weighted by molar-refractivity contribution is 5.75. The number of likely N-dealkylation sites (tertiary alicyclic amines) is 1. The van der Waals surface area contributed by atoms with E-state index in [1.54, 1.807) is 0 Å². The minimum absolute atomic E-state index is 0.0191. The van der Waals surface area contributed by atoms with Crippen molar-refractivity contribution in [2.75, 3.05) is 19.7 Å². The first-order chi connectivity index (χ1) is 10.6. The molecule has 0 radical (unpaired) electrons. The van der Waals surface area contributed by atoms with Crippen molar-refractivity contribution in [2.45, 2.75) is 75.9 Å². The summed E-state index contributed by atoms with van der Waals surface area (Å²) in [4.78, 5) is 14.8. The number of hydrogen-bond acceptors (Lipinski definition) is 3. The zero-order valence-corrected chi connectivity index (χ0v) is 13.8. The van der Waals surface area contributed by atoms with Crippen molar-refractivity contribution < 1.29 is 9.90 Å². The third-order valence-electron chi connectivity index (χ3n) is 5.91. The van der Waals surface area contributed by atoms with E-state index in [9.17, 15) is 9.90 Å². The zero-order chi connectivity index (χ0) is 15.6. The van der Waals surface area contributed by atoms with Crippen molar-refractivity contribution in [1.82, 2.24) is 15.5 Å². The quantitative estimate of drug-likeness (QED) is 0.726. The van der Waals surface area contributed by atoms with Crippen molar-refractivity contribution >= 4 is 6.03 Å². The van der Waals surface area contributed by atoms with Crippen LogP contribution in [0.1, 0.15) is 58.3 Å². The van der Waals surface area contributed by atoms with Crippen LogP contribution in [0.2, 0.25) is 0 Å². The zero-order valence-electron chi connectivity index (χ0n) is 13.8. The fourth-order valence-electron chi connectivity index (χ4n) is 4.15. The normalized spacial score (nSPS) is 27.5. The molecule has 2 amide bonds. The van der Waals surface area contributed by atoms with E-state index in [0.29, 0.717) is 5.92 Å². The summed E-state index contributed by atoms with van der Waals surface area (Å²) in [5, 5.41) is 15.7. The summed E-state index contributed by atoms with van der Waals surface area (Å²) in [6.45, 7) is 4.18. The van der Waals surface area contributed by atoms with Gasteiger partial charge in [0.25, 0.3) is 0 Å². The van der Waals surface area contributed by atoms with Crippen LogP contribution in [0.5, 0.6) is 0 Å². The van der Waals surface area contributed by atoms with Crippen LogP contribution >= 0.6 is 0 Å². The van der Waals surface area contributed by atoms with Gasteiger partial charge in [0.2, 0.25) is 0 Å². The van der Waals surface area contributed by atoms with E-state index in [0.717, 1.165) is 44.8 Å². The van der Waals surface area contributed by atoms with Crippen molar-refractivity contribution in [3.05, 3.63) is 0 Å². The molecule has 0 bridgehead atoms. The smallest absolute Gasteiger partial charge is 0.315 e. The lowest BCUT2D eigenvalue weighted by Gasteiger charge is -2.37. The topological polar surface area (TPSA) is 64.6 Å². The summed E-state index contributed by atoms with van der Waals surface area (Å²) in [6.07, 6.45) is 9.78. The highest BCUT2D eigenvalue weighted by atomic mass is 16.3. The Labute approximate surface area is 133 Å². The van der Waals surface area contributed by atoms with Gasteiger partial charge in [0.05, 0.1) is 12.1 Å². The molecule has 5 nitrogen and oxygen atoms in total. The molecule has 3 N–H and O–H groups in total. The number of rotatable bonds is 5. The minimum atomic E-state index is -0.450. The van der Waals surface area contributed by atoms with E-state index in [4.69, 9.17) is 0 Å². The number of nitrogens with one attached hydrogen (secondary N) is 2. The fraction of sp³-hybridized carbons (Fsp3) is 0.941. The molecule has 2 saturated carbocycles. The Balaban J connectivity index is 1.41. The Hall–Kier alpha value is -0.810. The third-order valence-corrected chi connectivity index (χ3v) is 5.91. The van der Waals surface area contributed by atoms with Gasteiger partial charge in [-0.15, -0.1) is 0 Å². The average molecular weight is 309 g/mol. The fourth-order valence-corrected chi connectivity index (χ4v) is 4.15. The van der Waals surface area contributed by atoms with E-state index in [1.165, 1.54) is 25.7 Å². The highest BCUT2D eigenvalue weighted by Gasteiger charge is 2.42. The number of urea groups is 1. The van der Waals surface area contributed by atoms with Gasteiger partial charge in [0.15, 0.2) is 0 Å². The van der Waals surface area contributed by atoms with Gasteiger partial charge >= 0.3 is 6.03 Å². The Morgan fingerprint density at radius 3 is 2.32 bits per heavy atom. The Kier molecular flexibility index (Phi) is 4.93. The highest BCUT2D eigenvalue weighted by Crippen LogP contribution is 2.39. The van der Waals surface area contributed by atoms with Crippen molar-refractivity contribution in [2.24, 2.45) is 5.92 Å². The van der Waals surface area contributed by atoms with Crippen LogP contribution in [0.15, 0.2) is 0 Å². The SMILES string of the molecule is CC(CO)(NC(=O)NC1CCN(C2CCCC2)CC1)C1CC1. The maximum Gasteiger partial charge on any atom is 0.315 e. The lowest BCUT2D eigenvalue weighted by atomic mass is 9.97.